The minimum absolute atomic E-state index is 0.0131. The van der Waals surface area contributed by atoms with E-state index in [2.05, 4.69) is 10.6 Å². The highest BCUT2D eigenvalue weighted by Crippen LogP contribution is 2.25. The monoisotopic (exact) mass is 415 g/mol. The van der Waals surface area contributed by atoms with Crippen LogP contribution in [-0.4, -0.2) is 42.3 Å². The highest BCUT2D eigenvalue weighted by molar-refractivity contribution is 6.03. The Balaban J connectivity index is 1.27. The molecular weight excluding hydrogens is 390 g/mol. The van der Waals surface area contributed by atoms with E-state index >= 15 is 0 Å². The Bertz CT molecular complexity index is 1080. The maximum absolute atomic E-state index is 12.8. The molecule has 6 nitrogen and oxygen atoms in total. The predicted octanol–water partition coefficient (Wildman–Crippen LogP) is 3.45. The lowest BCUT2D eigenvalue weighted by Crippen LogP contribution is -2.45. The smallest absolute Gasteiger partial charge is 0.251 e. The summed E-state index contributed by atoms with van der Waals surface area (Å²) in [5, 5.41) is 7.82. The van der Waals surface area contributed by atoms with E-state index in [1.807, 2.05) is 48.5 Å². The number of benzene rings is 3. The number of fused-ring (bicyclic) bond motifs is 1. The lowest BCUT2D eigenvalue weighted by molar-refractivity contribution is -0.133. The number of nitrogens with one attached hydrogen (secondary N) is 2. The average Bonchev–Trinajstić information content (AvgIpc) is 2.83. The molecule has 0 atom stereocenters. The van der Waals surface area contributed by atoms with Crippen molar-refractivity contribution >= 4 is 34.2 Å². The lowest BCUT2D eigenvalue weighted by Gasteiger charge is -2.31. The number of carbonyl (C=O) groups is 3. The molecule has 6 heteroatoms. The molecule has 1 heterocycles. The molecule has 158 valence electrons. The number of anilines is 1. The summed E-state index contributed by atoms with van der Waals surface area (Å²) in [6.07, 6.45) is 1.21. The number of piperidine rings is 1. The Morgan fingerprint density at radius 2 is 1.52 bits per heavy atom. The van der Waals surface area contributed by atoms with Crippen molar-refractivity contribution in [2.24, 2.45) is 5.92 Å². The van der Waals surface area contributed by atoms with Gasteiger partial charge in [-0.25, -0.2) is 0 Å². The summed E-state index contributed by atoms with van der Waals surface area (Å²) < 4.78 is 0. The van der Waals surface area contributed by atoms with Crippen LogP contribution in [0.25, 0.3) is 10.8 Å². The molecule has 0 saturated carbocycles. The SMILES string of the molecule is O=C(NCC(=O)N1CCC(C(=O)Nc2cccc3ccccc23)CC1)c1ccccc1. The summed E-state index contributed by atoms with van der Waals surface area (Å²) in [6, 6.07) is 22.6. The van der Waals surface area contributed by atoms with Gasteiger partial charge < -0.3 is 15.5 Å². The molecule has 0 bridgehead atoms. The molecule has 1 fully saturated rings. The summed E-state index contributed by atoms with van der Waals surface area (Å²) in [5.74, 6) is -0.543. The number of likely N-dealkylation sites (tertiary alicyclic amines) is 1. The van der Waals surface area contributed by atoms with Crippen molar-refractivity contribution in [1.29, 1.82) is 0 Å². The van der Waals surface area contributed by atoms with E-state index in [1.165, 1.54) is 0 Å². The normalized spacial score (nSPS) is 14.3. The van der Waals surface area contributed by atoms with E-state index in [1.54, 1.807) is 29.2 Å². The zero-order valence-electron chi connectivity index (χ0n) is 17.2. The van der Waals surface area contributed by atoms with E-state index in [4.69, 9.17) is 0 Å². The second-order valence-corrected chi connectivity index (χ2v) is 7.72. The first kappa shape index (κ1) is 20.6. The van der Waals surface area contributed by atoms with Gasteiger partial charge >= 0.3 is 0 Å². The minimum atomic E-state index is -0.265. The molecule has 0 aromatic heterocycles. The third-order valence-electron chi connectivity index (χ3n) is 5.70. The number of rotatable bonds is 5. The zero-order valence-corrected chi connectivity index (χ0v) is 17.2. The highest BCUT2D eigenvalue weighted by atomic mass is 16.2. The van der Waals surface area contributed by atoms with Gasteiger partial charge in [0.25, 0.3) is 5.91 Å². The molecule has 3 aromatic carbocycles. The molecule has 31 heavy (non-hydrogen) atoms. The quantitative estimate of drug-likeness (QED) is 0.670. The first-order valence-electron chi connectivity index (χ1n) is 10.5. The maximum Gasteiger partial charge on any atom is 0.251 e. The fraction of sp³-hybridized carbons (Fsp3) is 0.240. The molecule has 2 N–H and O–H groups in total. The molecular formula is C25H25N3O3. The molecule has 4 rings (SSSR count). The summed E-state index contributed by atoms with van der Waals surface area (Å²) >= 11 is 0. The highest BCUT2D eigenvalue weighted by Gasteiger charge is 2.27. The molecule has 0 spiro atoms. The van der Waals surface area contributed by atoms with Crippen molar-refractivity contribution in [3.63, 3.8) is 0 Å². The van der Waals surface area contributed by atoms with Gasteiger partial charge in [0, 0.05) is 35.6 Å². The van der Waals surface area contributed by atoms with Crippen LogP contribution in [0.2, 0.25) is 0 Å². The second-order valence-electron chi connectivity index (χ2n) is 7.72. The van der Waals surface area contributed by atoms with Crippen LogP contribution in [0.1, 0.15) is 23.2 Å². The zero-order chi connectivity index (χ0) is 21.6. The van der Waals surface area contributed by atoms with Crippen molar-refractivity contribution in [2.75, 3.05) is 25.0 Å². The third kappa shape index (κ3) is 4.91. The molecule has 1 saturated heterocycles. The van der Waals surface area contributed by atoms with Crippen LogP contribution < -0.4 is 10.6 Å². The van der Waals surface area contributed by atoms with Crippen LogP contribution in [0.4, 0.5) is 5.69 Å². The summed E-state index contributed by atoms with van der Waals surface area (Å²) in [6.45, 7) is 0.974. The van der Waals surface area contributed by atoms with Gasteiger partial charge in [0.1, 0.15) is 0 Å². The number of nitrogens with zero attached hydrogens (tertiary/aromatic N) is 1. The first-order valence-corrected chi connectivity index (χ1v) is 10.5. The Kier molecular flexibility index (Phi) is 6.26. The summed E-state index contributed by atoms with van der Waals surface area (Å²) in [7, 11) is 0. The van der Waals surface area contributed by atoms with E-state index in [-0.39, 0.29) is 30.2 Å². The summed E-state index contributed by atoms with van der Waals surface area (Å²) in [4.78, 5) is 39.1. The van der Waals surface area contributed by atoms with Crippen molar-refractivity contribution in [1.82, 2.24) is 10.2 Å². The molecule has 0 radical (unpaired) electrons. The fourth-order valence-electron chi connectivity index (χ4n) is 3.92. The van der Waals surface area contributed by atoms with Crippen LogP contribution >= 0.6 is 0 Å². The molecule has 3 amide bonds. The van der Waals surface area contributed by atoms with Gasteiger partial charge in [-0.2, -0.15) is 0 Å². The number of carbonyl (C=O) groups excluding carboxylic acids is 3. The number of hydrogen-bond acceptors (Lipinski definition) is 3. The van der Waals surface area contributed by atoms with Gasteiger partial charge in [0.2, 0.25) is 11.8 Å². The van der Waals surface area contributed by atoms with Crippen molar-refractivity contribution in [3.8, 4) is 0 Å². The van der Waals surface area contributed by atoms with E-state index in [0.717, 1.165) is 16.5 Å². The molecule has 1 aliphatic heterocycles. The van der Waals surface area contributed by atoms with E-state index in [0.29, 0.717) is 31.5 Å². The van der Waals surface area contributed by atoms with Crippen molar-refractivity contribution < 1.29 is 14.4 Å². The van der Waals surface area contributed by atoms with Crippen LogP contribution in [0.15, 0.2) is 72.8 Å². The van der Waals surface area contributed by atoms with Crippen molar-refractivity contribution in [3.05, 3.63) is 78.4 Å². The largest absolute Gasteiger partial charge is 0.343 e. The van der Waals surface area contributed by atoms with E-state index < -0.39 is 0 Å². The van der Waals surface area contributed by atoms with Crippen LogP contribution in [0.3, 0.4) is 0 Å². The Morgan fingerprint density at radius 3 is 2.29 bits per heavy atom. The molecule has 0 unspecified atom stereocenters. The number of hydrogen-bond donors (Lipinski definition) is 2. The standard InChI is InChI=1S/C25H25N3O3/c29-23(17-26-24(30)19-8-2-1-3-9-19)28-15-13-20(14-16-28)25(31)27-22-12-6-10-18-7-4-5-11-21(18)22/h1-12,20H,13-17H2,(H,26,30)(H,27,31). The third-order valence-corrected chi connectivity index (χ3v) is 5.70. The second kappa shape index (κ2) is 9.43. The molecule has 1 aliphatic rings. The first-order chi connectivity index (χ1) is 15.1. The van der Waals surface area contributed by atoms with Gasteiger partial charge in [-0.05, 0) is 36.4 Å². The summed E-state index contributed by atoms with van der Waals surface area (Å²) in [5.41, 5.74) is 1.34. The minimum Gasteiger partial charge on any atom is -0.343 e. The molecule has 3 aromatic rings. The van der Waals surface area contributed by atoms with Gasteiger partial charge in [0.05, 0.1) is 6.54 Å². The van der Waals surface area contributed by atoms with Crippen LogP contribution in [0.5, 0.6) is 0 Å². The predicted molar refractivity (Wildman–Crippen MR) is 121 cm³/mol. The van der Waals surface area contributed by atoms with Gasteiger partial charge in [-0.3, -0.25) is 14.4 Å². The Morgan fingerprint density at radius 1 is 0.839 bits per heavy atom. The Labute approximate surface area is 181 Å². The fourth-order valence-corrected chi connectivity index (χ4v) is 3.92. The lowest BCUT2D eigenvalue weighted by atomic mass is 9.95. The van der Waals surface area contributed by atoms with E-state index in [9.17, 15) is 14.4 Å². The van der Waals surface area contributed by atoms with Crippen molar-refractivity contribution in [2.45, 2.75) is 12.8 Å². The van der Waals surface area contributed by atoms with Gasteiger partial charge in [-0.15, -0.1) is 0 Å². The number of amides is 3. The topological polar surface area (TPSA) is 78.5 Å². The van der Waals surface area contributed by atoms with Crippen LogP contribution in [-0.2, 0) is 9.59 Å². The van der Waals surface area contributed by atoms with Gasteiger partial charge in [0.15, 0.2) is 0 Å². The van der Waals surface area contributed by atoms with Gasteiger partial charge in [-0.1, -0.05) is 54.6 Å². The van der Waals surface area contributed by atoms with Crippen LogP contribution in [0, 0.1) is 5.92 Å². The average molecular weight is 415 g/mol. The molecule has 0 aliphatic carbocycles. The Hall–Kier alpha value is -3.67. The maximum atomic E-state index is 12.8.